The number of anilines is 1. The van der Waals surface area contributed by atoms with Gasteiger partial charge in [-0.05, 0) is 42.3 Å². The Labute approximate surface area is 148 Å². The van der Waals surface area contributed by atoms with Crippen LogP contribution in [-0.4, -0.2) is 36.9 Å². The van der Waals surface area contributed by atoms with Crippen LogP contribution in [0.4, 0.5) is 5.69 Å². The average molecular weight is 340 g/mol. The number of ether oxygens (including phenoxy) is 1. The molecule has 5 nitrogen and oxygen atoms in total. The summed E-state index contributed by atoms with van der Waals surface area (Å²) < 4.78 is 5.68. The van der Waals surface area contributed by atoms with Crippen LogP contribution in [0.15, 0.2) is 48.5 Å². The number of nitrogens with zero attached hydrogens (tertiary/aromatic N) is 1. The second-order valence-electron chi connectivity index (χ2n) is 6.04. The van der Waals surface area contributed by atoms with Crippen LogP contribution in [0.2, 0.25) is 0 Å². The first kappa shape index (κ1) is 18.5. The van der Waals surface area contributed by atoms with Crippen molar-refractivity contribution in [1.82, 2.24) is 4.90 Å². The molecule has 0 radical (unpaired) electrons. The Kier molecular flexibility index (Phi) is 6.57. The molecule has 0 aromatic heterocycles. The lowest BCUT2D eigenvalue weighted by Crippen LogP contribution is -2.32. The third kappa shape index (κ3) is 6.30. The van der Waals surface area contributed by atoms with E-state index in [-0.39, 0.29) is 11.8 Å². The first-order valence-electron chi connectivity index (χ1n) is 8.24. The molecule has 5 heteroatoms. The predicted octanol–water partition coefficient (Wildman–Crippen LogP) is 3.03. The van der Waals surface area contributed by atoms with Gasteiger partial charge in [-0.3, -0.25) is 9.59 Å². The van der Waals surface area contributed by atoms with Gasteiger partial charge in [0.25, 0.3) is 0 Å². The van der Waals surface area contributed by atoms with Gasteiger partial charge >= 0.3 is 0 Å². The van der Waals surface area contributed by atoms with Crippen molar-refractivity contribution >= 4 is 17.5 Å². The van der Waals surface area contributed by atoms with Gasteiger partial charge in [0.1, 0.15) is 12.4 Å². The summed E-state index contributed by atoms with van der Waals surface area (Å²) in [6.07, 6.45) is 0.321. The number of nitrogens with one attached hydrogen (secondary N) is 1. The summed E-state index contributed by atoms with van der Waals surface area (Å²) in [5, 5.41) is 2.70. The number of hydrogen-bond acceptors (Lipinski definition) is 3. The van der Waals surface area contributed by atoms with Gasteiger partial charge in [-0.25, -0.2) is 0 Å². The van der Waals surface area contributed by atoms with E-state index in [1.165, 1.54) is 6.92 Å². The van der Waals surface area contributed by atoms with Crippen LogP contribution in [-0.2, 0) is 16.0 Å². The molecule has 1 N–H and O–H groups in total. The minimum Gasteiger partial charge on any atom is -0.492 e. The zero-order chi connectivity index (χ0) is 18.2. The molecule has 0 atom stereocenters. The van der Waals surface area contributed by atoms with E-state index >= 15 is 0 Å². The van der Waals surface area contributed by atoms with Crippen LogP contribution in [0.1, 0.15) is 18.1 Å². The number of carbonyl (C=O) groups is 2. The second kappa shape index (κ2) is 8.87. The molecule has 0 saturated heterocycles. The van der Waals surface area contributed by atoms with Gasteiger partial charge in [-0.15, -0.1) is 0 Å². The number of likely N-dealkylation sites (N-methyl/N-ethyl adjacent to an activating group) is 1. The number of amides is 2. The zero-order valence-corrected chi connectivity index (χ0v) is 14.9. The van der Waals surface area contributed by atoms with E-state index in [1.807, 2.05) is 43.3 Å². The highest BCUT2D eigenvalue weighted by Crippen LogP contribution is 2.13. The molecule has 0 spiro atoms. The van der Waals surface area contributed by atoms with E-state index in [0.717, 1.165) is 22.6 Å². The third-order valence-corrected chi connectivity index (χ3v) is 3.74. The molecule has 0 saturated carbocycles. The van der Waals surface area contributed by atoms with E-state index in [2.05, 4.69) is 5.32 Å². The van der Waals surface area contributed by atoms with E-state index in [4.69, 9.17) is 4.74 Å². The van der Waals surface area contributed by atoms with E-state index in [1.54, 1.807) is 24.1 Å². The minimum atomic E-state index is -0.114. The van der Waals surface area contributed by atoms with Crippen LogP contribution < -0.4 is 10.1 Å². The summed E-state index contributed by atoms with van der Waals surface area (Å²) in [6, 6.07) is 15.1. The van der Waals surface area contributed by atoms with Gasteiger partial charge in [0, 0.05) is 19.7 Å². The molecule has 0 unspecified atom stereocenters. The standard InChI is InChI=1S/C20H24N2O3/c1-15-5-4-6-19(13-15)25-12-11-22(3)20(24)14-17-7-9-18(10-8-17)21-16(2)23/h4-10,13H,11-12,14H2,1-3H3,(H,21,23). The number of aryl methyl sites for hydroxylation is 1. The van der Waals surface area contributed by atoms with Crippen LogP contribution in [0.5, 0.6) is 5.75 Å². The molecule has 0 aliphatic rings. The van der Waals surface area contributed by atoms with Gasteiger partial charge in [0.05, 0.1) is 13.0 Å². The monoisotopic (exact) mass is 340 g/mol. The van der Waals surface area contributed by atoms with Crippen LogP contribution in [0, 0.1) is 6.92 Å². The van der Waals surface area contributed by atoms with E-state index < -0.39 is 0 Å². The summed E-state index contributed by atoms with van der Waals surface area (Å²) >= 11 is 0. The Morgan fingerprint density at radius 2 is 1.84 bits per heavy atom. The maximum atomic E-state index is 12.3. The van der Waals surface area contributed by atoms with Crippen molar-refractivity contribution < 1.29 is 14.3 Å². The quantitative estimate of drug-likeness (QED) is 0.843. The van der Waals surface area contributed by atoms with Gasteiger partial charge < -0.3 is 15.0 Å². The molecule has 132 valence electrons. The molecule has 0 aliphatic heterocycles. The van der Waals surface area contributed by atoms with Gasteiger partial charge in [0.2, 0.25) is 11.8 Å². The topological polar surface area (TPSA) is 58.6 Å². The van der Waals surface area contributed by atoms with Crippen molar-refractivity contribution in [3.8, 4) is 5.75 Å². The third-order valence-electron chi connectivity index (χ3n) is 3.74. The largest absolute Gasteiger partial charge is 0.492 e. The highest BCUT2D eigenvalue weighted by Gasteiger charge is 2.10. The summed E-state index contributed by atoms with van der Waals surface area (Å²) in [4.78, 5) is 24.9. The smallest absolute Gasteiger partial charge is 0.226 e. The molecule has 2 aromatic carbocycles. The van der Waals surface area contributed by atoms with Crippen molar-refractivity contribution in [1.29, 1.82) is 0 Å². The van der Waals surface area contributed by atoms with Crippen LogP contribution in [0.25, 0.3) is 0 Å². The summed E-state index contributed by atoms with van der Waals surface area (Å²) in [6.45, 7) is 4.45. The van der Waals surface area contributed by atoms with Crippen LogP contribution in [0.3, 0.4) is 0 Å². The van der Waals surface area contributed by atoms with Gasteiger partial charge in [-0.2, -0.15) is 0 Å². The molecular weight excluding hydrogens is 316 g/mol. The molecule has 0 bridgehead atoms. The first-order valence-corrected chi connectivity index (χ1v) is 8.24. The Morgan fingerprint density at radius 1 is 1.12 bits per heavy atom. The van der Waals surface area contributed by atoms with Crippen molar-refractivity contribution in [3.05, 3.63) is 59.7 Å². The molecule has 2 rings (SSSR count). The molecule has 2 aromatic rings. The molecule has 25 heavy (non-hydrogen) atoms. The normalized spacial score (nSPS) is 10.2. The SMILES string of the molecule is CC(=O)Nc1ccc(CC(=O)N(C)CCOc2cccc(C)c2)cc1. The fourth-order valence-corrected chi connectivity index (χ4v) is 2.35. The molecule has 0 aliphatic carbocycles. The van der Waals surface area contributed by atoms with Crippen molar-refractivity contribution in [2.24, 2.45) is 0 Å². The first-order chi connectivity index (χ1) is 11.9. The average Bonchev–Trinajstić information content (AvgIpc) is 2.56. The fourth-order valence-electron chi connectivity index (χ4n) is 2.35. The lowest BCUT2D eigenvalue weighted by Gasteiger charge is -2.18. The molecule has 0 fully saturated rings. The lowest BCUT2D eigenvalue weighted by molar-refractivity contribution is -0.129. The lowest BCUT2D eigenvalue weighted by atomic mass is 10.1. The number of hydrogen-bond donors (Lipinski definition) is 1. The molecule has 2 amide bonds. The summed E-state index contributed by atoms with van der Waals surface area (Å²) in [5.74, 6) is 0.728. The Morgan fingerprint density at radius 3 is 2.48 bits per heavy atom. The maximum absolute atomic E-state index is 12.3. The highest BCUT2D eigenvalue weighted by molar-refractivity contribution is 5.88. The maximum Gasteiger partial charge on any atom is 0.226 e. The van der Waals surface area contributed by atoms with E-state index in [9.17, 15) is 9.59 Å². The predicted molar refractivity (Wildman–Crippen MR) is 98.8 cm³/mol. The second-order valence-corrected chi connectivity index (χ2v) is 6.04. The van der Waals surface area contributed by atoms with Gasteiger partial charge in [-0.1, -0.05) is 24.3 Å². The van der Waals surface area contributed by atoms with Gasteiger partial charge in [0.15, 0.2) is 0 Å². The van der Waals surface area contributed by atoms with Crippen molar-refractivity contribution in [2.45, 2.75) is 20.3 Å². The highest BCUT2D eigenvalue weighted by atomic mass is 16.5. The Bertz CT molecular complexity index is 726. The summed E-state index contributed by atoms with van der Waals surface area (Å²) in [7, 11) is 1.77. The fraction of sp³-hybridized carbons (Fsp3) is 0.300. The van der Waals surface area contributed by atoms with Crippen molar-refractivity contribution in [3.63, 3.8) is 0 Å². The Hall–Kier alpha value is -2.82. The molecule has 0 heterocycles. The van der Waals surface area contributed by atoms with Crippen molar-refractivity contribution in [2.75, 3.05) is 25.5 Å². The summed E-state index contributed by atoms with van der Waals surface area (Å²) in [5.41, 5.74) is 2.78. The molecular formula is C20H24N2O3. The van der Waals surface area contributed by atoms with Crippen LogP contribution >= 0.6 is 0 Å². The number of carbonyl (C=O) groups excluding carboxylic acids is 2. The minimum absolute atomic E-state index is 0.0279. The zero-order valence-electron chi connectivity index (χ0n) is 14.9. The number of rotatable bonds is 7. The number of benzene rings is 2. The Balaban J connectivity index is 1.78. The van der Waals surface area contributed by atoms with E-state index in [0.29, 0.717) is 19.6 Å².